The predicted octanol–water partition coefficient (Wildman–Crippen LogP) is 3.96. The van der Waals surface area contributed by atoms with Gasteiger partial charge in [0, 0.05) is 38.2 Å². The van der Waals surface area contributed by atoms with Crippen molar-refractivity contribution in [3.63, 3.8) is 0 Å². The van der Waals surface area contributed by atoms with Crippen LogP contribution in [0, 0.1) is 17.8 Å². The van der Waals surface area contributed by atoms with Crippen molar-refractivity contribution < 1.29 is 23.0 Å². The molecule has 36 heavy (non-hydrogen) atoms. The van der Waals surface area contributed by atoms with Gasteiger partial charge in [-0.15, -0.1) is 0 Å². The lowest BCUT2D eigenvalue weighted by Gasteiger charge is -2.38. The van der Waals surface area contributed by atoms with Gasteiger partial charge in [0.1, 0.15) is 5.75 Å². The number of aromatic nitrogens is 2. The maximum absolute atomic E-state index is 12.9. The van der Waals surface area contributed by atoms with Crippen LogP contribution in [0.5, 0.6) is 5.75 Å². The lowest BCUT2D eigenvalue weighted by molar-refractivity contribution is -0.165. The van der Waals surface area contributed by atoms with Crippen LogP contribution >= 0.6 is 0 Å². The zero-order chi connectivity index (χ0) is 25.1. The Morgan fingerprint density at radius 2 is 1.78 bits per heavy atom. The number of rotatable bonds is 10. The molecule has 3 heterocycles. The first kappa shape index (κ1) is 24.9. The molecule has 2 aromatic rings. The number of methoxy groups -OCH3 is 1. The number of piperidine rings is 1. The largest absolute Gasteiger partial charge is 0.494 e. The molecule has 7 nitrogen and oxygen atoms in total. The minimum Gasteiger partial charge on any atom is -0.494 e. The van der Waals surface area contributed by atoms with E-state index >= 15 is 0 Å². The number of halogens is 2. The van der Waals surface area contributed by atoms with Crippen LogP contribution in [0.3, 0.4) is 0 Å². The molecule has 2 saturated heterocycles. The summed E-state index contributed by atoms with van der Waals surface area (Å²) in [5.74, 6) is 0.906. The number of amides is 1. The number of carbonyl (C=O) groups is 1. The fourth-order valence-electron chi connectivity index (χ4n) is 5.47. The molecule has 2 atom stereocenters. The van der Waals surface area contributed by atoms with Gasteiger partial charge in [0.2, 0.25) is 11.9 Å². The summed E-state index contributed by atoms with van der Waals surface area (Å²) >= 11 is 0. The number of anilines is 1. The third-order valence-electron chi connectivity index (χ3n) is 7.64. The standard InChI is InChI=1S/C27H34F2N4O3/c1-35-16-20-14-30-26(31-15-20)32-9-6-21(7-10-32)24-13-22(24)8-11-36-23-4-2-19(3-5-23)12-25(34)33-17-27(28,29)18-33/h2-5,14-15,21-22,24H,6-13,16-18H2,1H3/t22-,24-/m0/s1. The van der Waals surface area contributed by atoms with Gasteiger partial charge in [-0.2, -0.15) is 0 Å². The van der Waals surface area contributed by atoms with Crippen LogP contribution in [0.15, 0.2) is 36.7 Å². The van der Waals surface area contributed by atoms with E-state index in [0.29, 0.717) is 13.2 Å². The average Bonchev–Trinajstić information content (AvgIpc) is 3.64. The number of nitrogens with zero attached hydrogens (tertiary/aromatic N) is 4. The Morgan fingerprint density at radius 1 is 1.08 bits per heavy atom. The highest BCUT2D eigenvalue weighted by molar-refractivity contribution is 5.79. The number of likely N-dealkylation sites (tertiary alicyclic amines) is 1. The maximum Gasteiger partial charge on any atom is 0.282 e. The lowest BCUT2D eigenvalue weighted by Crippen LogP contribution is -2.58. The average molecular weight is 501 g/mol. The Morgan fingerprint density at radius 3 is 2.42 bits per heavy atom. The highest BCUT2D eigenvalue weighted by Gasteiger charge is 2.46. The summed E-state index contributed by atoms with van der Waals surface area (Å²) in [6.45, 7) is 2.29. The zero-order valence-electron chi connectivity index (χ0n) is 20.7. The van der Waals surface area contributed by atoms with E-state index in [2.05, 4.69) is 14.9 Å². The molecule has 1 aliphatic carbocycles. The number of hydrogen-bond donors (Lipinski definition) is 0. The van der Waals surface area contributed by atoms with Gasteiger partial charge in [0.25, 0.3) is 5.92 Å². The smallest absolute Gasteiger partial charge is 0.282 e. The summed E-state index contributed by atoms with van der Waals surface area (Å²) < 4.78 is 36.9. The molecule has 1 saturated carbocycles. The molecule has 0 unspecified atom stereocenters. The number of alkyl halides is 2. The van der Waals surface area contributed by atoms with Gasteiger partial charge in [-0.05, 0) is 61.1 Å². The first-order chi connectivity index (χ1) is 17.4. The molecule has 0 spiro atoms. The Balaban J connectivity index is 0.981. The van der Waals surface area contributed by atoms with Gasteiger partial charge in [0.05, 0.1) is 32.7 Å². The van der Waals surface area contributed by atoms with Crippen molar-refractivity contribution in [3.8, 4) is 5.75 Å². The van der Waals surface area contributed by atoms with Crippen molar-refractivity contribution >= 4 is 11.9 Å². The summed E-state index contributed by atoms with van der Waals surface area (Å²) in [6.07, 6.45) is 8.54. The van der Waals surface area contributed by atoms with Crippen LogP contribution < -0.4 is 9.64 Å². The monoisotopic (exact) mass is 500 g/mol. The maximum atomic E-state index is 12.9. The second kappa shape index (κ2) is 10.7. The molecule has 3 fully saturated rings. The Kier molecular flexibility index (Phi) is 7.37. The van der Waals surface area contributed by atoms with Gasteiger partial charge in [-0.25, -0.2) is 18.7 Å². The van der Waals surface area contributed by atoms with Crippen molar-refractivity contribution in [2.75, 3.05) is 44.8 Å². The molecule has 3 aliphatic rings. The van der Waals surface area contributed by atoms with Crippen LogP contribution in [0.25, 0.3) is 0 Å². The van der Waals surface area contributed by atoms with E-state index in [-0.39, 0.29) is 12.3 Å². The van der Waals surface area contributed by atoms with Crippen LogP contribution in [0.2, 0.25) is 0 Å². The molecule has 0 N–H and O–H groups in total. The number of benzene rings is 1. The Hall–Kier alpha value is -2.81. The van der Waals surface area contributed by atoms with Crippen molar-refractivity contribution in [3.05, 3.63) is 47.8 Å². The first-order valence-corrected chi connectivity index (χ1v) is 12.8. The molecule has 2 aliphatic heterocycles. The summed E-state index contributed by atoms with van der Waals surface area (Å²) in [7, 11) is 1.67. The SMILES string of the molecule is COCc1cnc(N2CCC([C@@H]3C[C@@H]3CCOc3ccc(CC(=O)N4CC(F)(F)C4)cc3)CC2)nc1. The minimum atomic E-state index is -2.72. The van der Waals surface area contributed by atoms with E-state index in [9.17, 15) is 13.6 Å². The van der Waals surface area contributed by atoms with Crippen molar-refractivity contribution in [2.24, 2.45) is 17.8 Å². The van der Waals surface area contributed by atoms with E-state index in [4.69, 9.17) is 9.47 Å². The summed E-state index contributed by atoms with van der Waals surface area (Å²) in [5.41, 5.74) is 1.80. The van der Waals surface area contributed by atoms with Crippen molar-refractivity contribution in [1.82, 2.24) is 14.9 Å². The molecule has 1 aromatic carbocycles. The van der Waals surface area contributed by atoms with E-state index in [1.165, 1.54) is 24.2 Å². The van der Waals surface area contributed by atoms with E-state index in [1.54, 1.807) is 7.11 Å². The van der Waals surface area contributed by atoms with E-state index in [0.717, 1.165) is 60.1 Å². The molecular formula is C27H34F2N4O3. The second-order valence-corrected chi connectivity index (χ2v) is 10.4. The lowest BCUT2D eigenvalue weighted by atomic mass is 9.90. The molecule has 1 amide bonds. The molecule has 0 radical (unpaired) electrons. The van der Waals surface area contributed by atoms with Crippen molar-refractivity contribution in [2.45, 2.75) is 44.6 Å². The molecule has 0 bridgehead atoms. The normalized spacial score (nSPS) is 23.3. The number of carbonyl (C=O) groups excluding carboxylic acids is 1. The van der Waals surface area contributed by atoms with Gasteiger partial charge in [0.15, 0.2) is 0 Å². The Bertz CT molecular complexity index is 1020. The number of ether oxygens (including phenoxy) is 2. The predicted molar refractivity (Wildman–Crippen MR) is 131 cm³/mol. The molecule has 1 aromatic heterocycles. The summed E-state index contributed by atoms with van der Waals surface area (Å²) in [6, 6.07) is 7.40. The fourth-order valence-corrected chi connectivity index (χ4v) is 5.47. The third kappa shape index (κ3) is 6.11. The van der Waals surface area contributed by atoms with Gasteiger partial charge in [-0.1, -0.05) is 12.1 Å². The molecule has 9 heteroatoms. The third-order valence-corrected chi connectivity index (χ3v) is 7.64. The van der Waals surface area contributed by atoms with Crippen molar-refractivity contribution in [1.29, 1.82) is 0 Å². The highest BCUT2D eigenvalue weighted by Crippen LogP contribution is 2.49. The minimum absolute atomic E-state index is 0.143. The zero-order valence-corrected chi connectivity index (χ0v) is 20.7. The second-order valence-electron chi connectivity index (χ2n) is 10.4. The first-order valence-electron chi connectivity index (χ1n) is 12.8. The van der Waals surface area contributed by atoms with Gasteiger partial charge in [-0.3, -0.25) is 4.79 Å². The fraction of sp³-hybridized carbons (Fsp3) is 0.593. The summed E-state index contributed by atoms with van der Waals surface area (Å²) in [5, 5.41) is 0. The van der Waals surface area contributed by atoms with Crippen LogP contribution in [0.1, 0.15) is 36.8 Å². The molecule has 194 valence electrons. The van der Waals surface area contributed by atoms with E-state index in [1.807, 2.05) is 36.7 Å². The van der Waals surface area contributed by atoms with E-state index < -0.39 is 19.0 Å². The van der Waals surface area contributed by atoms with Gasteiger partial charge < -0.3 is 19.3 Å². The molecule has 5 rings (SSSR count). The highest BCUT2D eigenvalue weighted by atomic mass is 19.3. The quantitative estimate of drug-likeness (QED) is 0.492. The topological polar surface area (TPSA) is 67.8 Å². The van der Waals surface area contributed by atoms with Crippen LogP contribution in [-0.2, 0) is 22.6 Å². The van der Waals surface area contributed by atoms with Crippen LogP contribution in [-0.4, -0.2) is 66.6 Å². The molecular weight excluding hydrogens is 466 g/mol. The number of hydrogen-bond acceptors (Lipinski definition) is 6. The summed E-state index contributed by atoms with van der Waals surface area (Å²) in [4.78, 5) is 24.5. The van der Waals surface area contributed by atoms with Gasteiger partial charge >= 0.3 is 0 Å². The Labute approximate surface area is 210 Å². The van der Waals surface area contributed by atoms with Crippen LogP contribution in [0.4, 0.5) is 14.7 Å².